The number of benzene rings is 3. The third-order valence-corrected chi connectivity index (χ3v) is 5.96. The maximum absolute atomic E-state index is 13.0. The van der Waals surface area contributed by atoms with E-state index in [9.17, 15) is 9.18 Å². The van der Waals surface area contributed by atoms with Crippen molar-refractivity contribution in [2.75, 3.05) is 6.54 Å². The van der Waals surface area contributed by atoms with E-state index in [1.165, 1.54) is 12.1 Å². The molecule has 9 heteroatoms. The number of amides is 1. The molecule has 1 heterocycles. The van der Waals surface area contributed by atoms with Crippen molar-refractivity contribution < 1.29 is 13.9 Å². The lowest BCUT2D eigenvalue weighted by Crippen LogP contribution is -2.25. The van der Waals surface area contributed by atoms with Gasteiger partial charge in [-0.1, -0.05) is 41.4 Å². The lowest BCUT2D eigenvalue weighted by Gasteiger charge is -2.08. The van der Waals surface area contributed by atoms with Gasteiger partial charge in [0.25, 0.3) is 11.1 Å². The number of rotatable bonds is 8. The highest BCUT2D eigenvalue weighted by Gasteiger charge is 2.10. The fraction of sp³-hybridized carbons (Fsp3) is 0.125. The van der Waals surface area contributed by atoms with Crippen molar-refractivity contribution in [3.8, 4) is 10.9 Å². The van der Waals surface area contributed by atoms with Crippen LogP contribution in [0.15, 0.2) is 66.7 Å². The largest absolute Gasteiger partial charge is 0.430 e. The van der Waals surface area contributed by atoms with Gasteiger partial charge < -0.3 is 10.1 Å². The average Bonchev–Trinajstić information content (AvgIpc) is 3.24. The summed E-state index contributed by atoms with van der Waals surface area (Å²) in [6, 6.07) is 18.3. The van der Waals surface area contributed by atoms with E-state index in [0.29, 0.717) is 51.8 Å². The highest BCUT2D eigenvalue weighted by molar-refractivity contribution is 7.07. The summed E-state index contributed by atoms with van der Waals surface area (Å²) in [5.41, 5.74) is 2.34. The molecule has 1 amide bonds. The van der Waals surface area contributed by atoms with Gasteiger partial charge in [0.1, 0.15) is 11.6 Å². The Kier molecular flexibility index (Phi) is 7.54. The Morgan fingerprint density at radius 1 is 1.03 bits per heavy atom. The molecule has 0 fully saturated rings. The molecule has 0 aliphatic carbocycles. The monoisotopic (exact) mass is 501 g/mol. The lowest BCUT2D eigenvalue weighted by atomic mass is 10.1. The van der Waals surface area contributed by atoms with Gasteiger partial charge in [0.05, 0.1) is 0 Å². The predicted octanol–water partition coefficient (Wildman–Crippen LogP) is 6.34. The van der Waals surface area contributed by atoms with Gasteiger partial charge >= 0.3 is 0 Å². The summed E-state index contributed by atoms with van der Waals surface area (Å²) in [4.78, 5) is 16.7. The molecular weight excluding hydrogens is 484 g/mol. The molecule has 0 atom stereocenters. The van der Waals surface area contributed by atoms with Crippen LogP contribution < -0.4 is 10.1 Å². The highest BCUT2D eigenvalue weighted by atomic mass is 35.5. The maximum Gasteiger partial charge on any atom is 0.298 e. The molecule has 168 valence electrons. The van der Waals surface area contributed by atoms with Gasteiger partial charge in [-0.3, -0.25) is 4.79 Å². The van der Waals surface area contributed by atoms with Crippen molar-refractivity contribution in [1.29, 1.82) is 0 Å². The fourth-order valence-electron chi connectivity index (χ4n) is 3.05. The molecule has 0 spiro atoms. The van der Waals surface area contributed by atoms with Gasteiger partial charge in [0.15, 0.2) is 5.82 Å². The number of carbonyl (C=O) groups excluding carboxylic acids is 1. The Hall–Kier alpha value is -3.00. The second-order valence-corrected chi connectivity index (χ2v) is 8.71. The van der Waals surface area contributed by atoms with E-state index in [-0.39, 0.29) is 11.7 Å². The first kappa shape index (κ1) is 23.2. The minimum absolute atomic E-state index is 0.191. The Labute approximate surface area is 204 Å². The molecule has 33 heavy (non-hydrogen) atoms. The first-order valence-corrected chi connectivity index (χ1v) is 11.6. The minimum atomic E-state index is -0.280. The fourth-order valence-corrected chi connectivity index (χ4v) is 4.12. The summed E-state index contributed by atoms with van der Waals surface area (Å²) in [5.74, 6) is 0.670. The number of carbonyl (C=O) groups is 1. The molecular formula is C24H18Cl2FN3O2S. The van der Waals surface area contributed by atoms with E-state index in [0.717, 1.165) is 22.7 Å². The molecule has 0 unspecified atom stereocenters. The van der Waals surface area contributed by atoms with E-state index in [1.54, 1.807) is 48.5 Å². The lowest BCUT2D eigenvalue weighted by molar-refractivity contribution is 0.0954. The Morgan fingerprint density at radius 2 is 1.79 bits per heavy atom. The Morgan fingerprint density at radius 3 is 2.52 bits per heavy atom. The summed E-state index contributed by atoms with van der Waals surface area (Å²) >= 11 is 13.2. The van der Waals surface area contributed by atoms with Crippen molar-refractivity contribution >= 4 is 40.6 Å². The van der Waals surface area contributed by atoms with Crippen LogP contribution in [0.1, 0.15) is 27.3 Å². The van der Waals surface area contributed by atoms with Crippen LogP contribution >= 0.6 is 34.7 Å². The highest BCUT2D eigenvalue weighted by Crippen LogP contribution is 2.24. The topological polar surface area (TPSA) is 64.1 Å². The van der Waals surface area contributed by atoms with E-state index >= 15 is 0 Å². The van der Waals surface area contributed by atoms with Gasteiger partial charge in [-0.25, -0.2) is 4.39 Å². The third-order valence-electron chi connectivity index (χ3n) is 4.74. The zero-order valence-electron chi connectivity index (χ0n) is 17.2. The number of ether oxygens (including phenoxy) is 1. The minimum Gasteiger partial charge on any atom is -0.430 e. The van der Waals surface area contributed by atoms with E-state index in [1.807, 2.05) is 6.07 Å². The third kappa shape index (κ3) is 6.51. The Bertz CT molecular complexity index is 1250. The van der Waals surface area contributed by atoms with Crippen LogP contribution in [0.3, 0.4) is 0 Å². The quantitative estimate of drug-likeness (QED) is 0.306. The summed E-state index contributed by atoms with van der Waals surface area (Å²) in [5, 5.41) is 4.42. The number of aromatic nitrogens is 2. The molecule has 3 aromatic carbocycles. The van der Waals surface area contributed by atoms with Crippen molar-refractivity contribution in [2.45, 2.75) is 12.8 Å². The number of nitrogens with one attached hydrogen (secondary N) is 1. The van der Waals surface area contributed by atoms with Crippen LogP contribution in [-0.2, 0) is 12.8 Å². The van der Waals surface area contributed by atoms with Gasteiger partial charge in [0.2, 0.25) is 0 Å². The molecule has 4 rings (SSSR count). The van der Waals surface area contributed by atoms with Gasteiger partial charge in [-0.15, -0.1) is 0 Å². The normalized spacial score (nSPS) is 10.8. The van der Waals surface area contributed by atoms with Crippen LogP contribution in [0, 0.1) is 5.82 Å². The summed E-state index contributed by atoms with van der Waals surface area (Å²) in [7, 11) is 0. The molecule has 0 saturated carbocycles. The molecule has 0 aliphatic rings. The molecule has 0 aliphatic heterocycles. The maximum atomic E-state index is 13.0. The first-order valence-electron chi connectivity index (χ1n) is 10.0. The van der Waals surface area contributed by atoms with Gasteiger partial charge in [0, 0.05) is 40.1 Å². The van der Waals surface area contributed by atoms with Crippen molar-refractivity contribution in [2.24, 2.45) is 0 Å². The molecule has 1 N–H and O–H groups in total. The zero-order chi connectivity index (χ0) is 23.2. The number of hydrogen-bond acceptors (Lipinski definition) is 5. The standard InChI is InChI=1S/C24H18Cl2FN3O2S/c25-18-6-3-16(21(26)14-18)11-12-28-23(31)17-4-9-20(10-5-17)32-24-29-22(30-33-24)13-15-1-7-19(27)8-2-15/h1-10,14H,11-13H2,(H,28,31). The summed E-state index contributed by atoms with van der Waals surface area (Å²) in [6.45, 7) is 0.444. The predicted molar refractivity (Wildman–Crippen MR) is 128 cm³/mol. The van der Waals surface area contributed by atoms with Crippen LogP contribution in [0.2, 0.25) is 10.0 Å². The van der Waals surface area contributed by atoms with Gasteiger partial charge in [-0.05, 0) is 66.1 Å². The zero-order valence-corrected chi connectivity index (χ0v) is 19.6. The number of halogens is 3. The smallest absolute Gasteiger partial charge is 0.298 e. The summed E-state index contributed by atoms with van der Waals surface area (Å²) < 4.78 is 23.0. The van der Waals surface area contributed by atoms with Crippen molar-refractivity contribution in [3.05, 3.63) is 105 Å². The van der Waals surface area contributed by atoms with Crippen LogP contribution in [0.4, 0.5) is 4.39 Å². The second-order valence-electron chi connectivity index (χ2n) is 7.15. The van der Waals surface area contributed by atoms with Crippen LogP contribution in [-0.4, -0.2) is 21.8 Å². The molecule has 4 aromatic rings. The molecule has 1 aromatic heterocycles. The molecule has 0 radical (unpaired) electrons. The Balaban J connectivity index is 1.28. The first-order chi connectivity index (χ1) is 16.0. The summed E-state index contributed by atoms with van der Waals surface area (Å²) in [6.07, 6.45) is 1.08. The van der Waals surface area contributed by atoms with Gasteiger partial charge in [-0.2, -0.15) is 9.36 Å². The molecule has 0 saturated heterocycles. The van der Waals surface area contributed by atoms with Crippen LogP contribution in [0.25, 0.3) is 0 Å². The van der Waals surface area contributed by atoms with Crippen LogP contribution in [0.5, 0.6) is 10.9 Å². The average molecular weight is 502 g/mol. The number of nitrogens with zero attached hydrogens (tertiary/aromatic N) is 2. The van der Waals surface area contributed by atoms with E-state index in [4.69, 9.17) is 27.9 Å². The van der Waals surface area contributed by atoms with Crippen molar-refractivity contribution in [1.82, 2.24) is 14.7 Å². The molecule has 0 bridgehead atoms. The van der Waals surface area contributed by atoms with Crippen molar-refractivity contribution in [3.63, 3.8) is 0 Å². The SMILES string of the molecule is O=C(NCCc1ccc(Cl)cc1Cl)c1ccc(Oc2nc(Cc3ccc(F)cc3)ns2)cc1. The van der Waals surface area contributed by atoms with E-state index < -0.39 is 0 Å². The second kappa shape index (κ2) is 10.7. The van der Waals surface area contributed by atoms with E-state index in [2.05, 4.69) is 14.7 Å². The number of hydrogen-bond donors (Lipinski definition) is 1. The molecule has 5 nitrogen and oxygen atoms in total.